The van der Waals surface area contributed by atoms with Gasteiger partial charge in [0, 0.05) is 5.39 Å². The molecule has 4 heteroatoms. The van der Waals surface area contributed by atoms with Crippen molar-refractivity contribution in [2.24, 2.45) is 0 Å². The Morgan fingerprint density at radius 1 is 1.36 bits per heavy atom. The molecule has 68 valence electrons. The third-order valence-corrected chi connectivity index (χ3v) is 2.49. The molecule has 0 atom stereocenters. The van der Waals surface area contributed by atoms with Crippen molar-refractivity contribution in [3.05, 3.63) is 35.0 Å². The van der Waals surface area contributed by atoms with E-state index in [-0.39, 0.29) is 5.91 Å². The van der Waals surface area contributed by atoms with Crippen LogP contribution in [0.5, 0.6) is 0 Å². The van der Waals surface area contributed by atoms with E-state index in [1.165, 1.54) is 0 Å². The van der Waals surface area contributed by atoms with Crippen LogP contribution in [-0.4, -0.2) is 10.9 Å². The van der Waals surface area contributed by atoms with Gasteiger partial charge in [0.1, 0.15) is 5.15 Å². The van der Waals surface area contributed by atoms with E-state index in [1.807, 2.05) is 18.2 Å². The normalized spacial score (nSPS) is 13.4. The summed E-state index contributed by atoms with van der Waals surface area (Å²) in [6.45, 7) is 0. The van der Waals surface area contributed by atoms with Crippen LogP contribution >= 0.6 is 11.6 Å². The number of carbonyl (C=O) groups excluding carboxylic acids is 1. The van der Waals surface area contributed by atoms with E-state index < -0.39 is 0 Å². The van der Waals surface area contributed by atoms with Crippen LogP contribution in [0.4, 0.5) is 5.69 Å². The van der Waals surface area contributed by atoms with Crippen molar-refractivity contribution in [2.75, 3.05) is 5.32 Å². The zero-order valence-electron chi connectivity index (χ0n) is 7.04. The molecule has 2 aromatic rings. The largest absolute Gasteiger partial charge is 0.321 e. The fourth-order valence-electron chi connectivity index (χ4n) is 1.73. The Kier molecular flexibility index (Phi) is 1.36. The molecular formula is C10H5ClN2O. The number of nitrogens with zero attached hydrogens (tertiary/aromatic N) is 1. The highest BCUT2D eigenvalue weighted by Crippen LogP contribution is 2.32. The van der Waals surface area contributed by atoms with Gasteiger partial charge in [0.25, 0.3) is 5.91 Å². The van der Waals surface area contributed by atoms with Gasteiger partial charge in [-0.15, -0.1) is 0 Å². The second-order valence-corrected chi connectivity index (χ2v) is 3.53. The predicted octanol–water partition coefficient (Wildman–Crippen LogP) is 2.45. The molecule has 0 unspecified atom stereocenters. The number of hydrogen-bond donors (Lipinski definition) is 1. The first-order valence-corrected chi connectivity index (χ1v) is 4.54. The molecule has 1 aliphatic rings. The monoisotopic (exact) mass is 204 g/mol. The minimum Gasteiger partial charge on any atom is -0.321 e. The summed E-state index contributed by atoms with van der Waals surface area (Å²) in [5.41, 5.74) is 2.17. The Morgan fingerprint density at radius 2 is 2.21 bits per heavy atom. The molecule has 1 aromatic heterocycles. The molecule has 0 aliphatic carbocycles. The molecule has 0 saturated heterocycles. The van der Waals surface area contributed by atoms with Crippen LogP contribution in [0.25, 0.3) is 10.9 Å². The van der Waals surface area contributed by atoms with Crippen LogP contribution in [0, 0.1) is 0 Å². The number of rotatable bonds is 0. The lowest BCUT2D eigenvalue weighted by atomic mass is 10.1. The lowest BCUT2D eigenvalue weighted by molar-refractivity contribution is 0.103. The average Bonchev–Trinajstić information content (AvgIpc) is 2.45. The summed E-state index contributed by atoms with van der Waals surface area (Å²) in [6, 6.07) is 7.13. The Balaban J connectivity index is 2.56. The zero-order chi connectivity index (χ0) is 9.71. The molecule has 2 heterocycles. The molecule has 0 radical (unpaired) electrons. The first-order valence-electron chi connectivity index (χ1n) is 4.16. The molecule has 1 N–H and O–H groups in total. The van der Waals surface area contributed by atoms with Crippen LogP contribution in [0.2, 0.25) is 5.15 Å². The fraction of sp³-hybridized carbons (Fsp3) is 0. The molecule has 1 aliphatic heterocycles. The van der Waals surface area contributed by atoms with Crippen LogP contribution in [0.1, 0.15) is 10.4 Å². The molecule has 14 heavy (non-hydrogen) atoms. The van der Waals surface area contributed by atoms with Gasteiger partial charge in [-0.25, -0.2) is 4.98 Å². The van der Waals surface area contributed by atoms with Crippen molar-refractivity contribution in [2.45, 2.75) is 0 Å². The Bertz CT molecular complexity index is 565. The number of carbonyl (C=O) groups is 1. The number of halogens is 1. The van der Waals surface area contributed by atoms with Crippen LogP contribution in [0.15, 0.2) is 24.3 Å². The van der Waals surface area contributed by atoms with Gasteiger partial charge in [-0.1, -0.05) is 17.7 Å². The van der Waals surface area contributed by atoms with Gasteiger partial charge in [0.15, 0.2) is 0 Å². The summed E-state index contributed by atoms with van der Waals surface area (Å²) >= 11 is 5.80. The molecule has 0 bridgehead atoms. The number of nitrogens with one attached hydrogen (secondary N) is 1. The highest BCUT2D eigenvalue weighted by molar-refractivity contribution is 6.32. The summed E-state index contributed by atoms with van der Waals surface area (Å²) in [6.07, 6.45) is 0. The number of pyridine rings is 1. The van der Waals surface area contributed by atoms with Gasteiger partial charge < -0.3 is 5.32 Å². The number of anilines is 1. The molecule has 0 fully saturated rings. The maximum Gasteiger partial charge on any atom is 0.256 e. The number of aromatic nitrogens is 1. The number of benzene rings is 1. The quantitative estimate of drug-likeness (QED) is 0.670. The topological polar surface area (TPSA) is 42.0 Å². The van der Waals surface area contributed by atoms with Gasteiger partial charge in [-0.3, -0.25) is 4.79 Å². The van der Waals surface area contributed by atoms with Gasteiger partial charge >= 0.3 is 0 Å². The van der Waals surface area contributed by atoms with Crippen LogP contribution in [-0.2, 0) is 0 Å². The summed E-state index contributed by atoms with van der Waals surface area (Å²) < 4.78 is 0. The van der Waals surface area contributed by atoms with Gasteiger partial charge in [0.2, 0.25) is 0 Å². The van der Waals surface area contributed by atoms with E-state index >= 15 is 0 Å². The van der Waals surface area contributed by atoms with Crippen molar-refractivity contribution in [3.8, 4) is 0 Å². The molecule has 0 saturated carbocycles. The molecule has 1 aromatic carbocycles. The summed E-state index contributed by atoms with van der Waals surface area (Å²) in [5, 5.41) is 3.97. The van der Waals surface area contributed by atoms with Crippen LogP contribution < -0.4 is 5.32 Å². The molecule has 3 nitrogen and oxygen atoms in total. The maximum absolute atomic E-state index is 11.5. The zero-order valence-corrected chi connectivity index (χ0v) is 7.80. The lowest BCUT2D eigenvalue weighted by Crippen LogP contribution is -2.03. The smallest absolute Gasteiger partial charge is 0.256 e. The molecule has 0 spiro atoms. The fourth-order valence-corrected chi connectivity index (χ4v) is 1.93. The van der Waals surface area contributed by atoms with Crippen molar-refractivity contribution >= 4 is 34.1 Å². The van der Waals surface area contributed by atoms with E-state index in [9.17, 15) is 4.79 Å². The maximum atomic E-state index is 11.5. The van der Waals surface area contributed by atoms with Crippen molar-refractivity contribution in [1.29, 1.82) is 0 Å². The van der Waals surface area contributed by atoms with E-state index in [1.54, 1.807) is 6.07 Å². The first kappa shape index (κ1) is 7.76. The molecule has 3 rings (SSSR count). The Hall–Kier alpha value is -1.61. The standard InChI is InChI=1S/C10H5ClN2O/c11-8-4-5-9-6(12-8)2-1-3-7(9)13-10(5)14/h1-4H,(H,13,14). The predicted molar refractivity (Wildman–Crippen MR) is 54.7 cm³/mol. The lowest BCUT2D eigenvalue weighted by Gasteiger charge is -1.98. The highest BCUT2D eigenvalue weighted by Gasteiger charge is 2.22. The second-order valence-electron chi connectivity index (χ2n) is 3.15. The first-order chi connectivity index (χ1) is 6.75. The van der Waals surface area contributed by atoms with Crippen molar-refractivity contribution < 1.29 is 4.79 Å². The summed E-state index contributed by atoms with van der Waals surface area (Å²) in [7, 11) is 0. The van der Waals surface area contributed by atoms with Crippen molar-refractivity contribution in [3.63, 3.8) is 0 Å². The highest BCUT2D eigenvalue weighted by atomic mass is 35.5. The second kappa shape index (κ2) is 2.45. The van der Waals surface area contributed by atoms with E-state index in [0.717, 1.165) is 16.6 Å². The summed E-state index contributed by atoms with van der Waals surface area (Å²) in [4.78, 5) is 15.6. The van der Waals surface area contributed by atoms with Gasteiger partial charge in [0.05, 0.1) is 16.8 Å². The van der Waals surface area contributed by atoms with E-state index in [0.29, 0.717) is 10.7 Å². The minimum absolute atomic E-state index is 0.111. The minimum atomic E-state index is -0.111. The van der Waals surface area contributed by atoms with Crippen LogP contribution in [0.3, 0.4) is 0 Å². The SMILES string of the molecule is O=C1Nc2cccc3nc(Cl)cc1c23. The van der Waals surface area contributed by atoms with E-state index in [4.69, 9.17) is 11.6 Å². The Morgan fingerprint density at radius 3 is 3.07 bits per heavy atom. The van der Waals surface area contributed by atoms with Gasteiger partial charge in [-0.2, -0.15) is 0 Å². The number of amides is 1. The molecular weight excluding hydrogens is 200 g/mol. The van der Waals surface area contributed by atoms with Gasteiger partial charge in [-0.05, 0) is 18.2 Å². The Labute approximate surface area is 84.7 Å². The summed E-state index contributed by atoms with van der Waals surface area (Å²) in [5.74, 6) is -0.111. The van der Waals surface area contributed by atoms with E-state index in [2.05, 4.69) is 10.3 Å². The number of hydrogen-bond acceptors (Lipinski definition) is 2. The third-order valence-electron chi connectivity index (χ3n) is 2.30. The molecule has 1 amide bonds. The third kappa shape index (κ3) is 0.873. The average molecular weight is 205 g/mol. The van der Waals surface area contributed by atoms with Crippen molar-refractivity contribution in [1.82, 2.24) is 4.98 Å².